The van der Waals surface area contributed by atoms with Crippen LogP contribution in [0.25, 0.3) is 22.3 Å². The number of nitrogens with zero attached hydrogens (tertiary/aromatic N) is 3. The van der Waals surface area contributed by atoms with Gasteiger partial charge in [0.2, 0.25) is 0 Å². The fraction of sp³-hybridized carbons (Fsp3) is 0.385. The number of rotatable bonds is 5. The Hall–Kier alpha value is -6.78. The SMILES string of the molecule is CC1(C)Cc2ccc(N3c4cc5c(cc4B4c6cc(C(C)(C)C)ccc6N(c6ccc(C(C)(C)C)cc6-c6ccccc6)c6cc(N7c8ccc(-c9ccc(C(C)(C)C)cc9)cc8C8(C)CCCCC78C)cc3c64)CC(C)(C)C5)cc2C1. The van der Waals surface area contributed by atoms with Crippen molar-refractivity contribution in [2.24, 2.45) is 10.8 Å². The van der Waals surface area contributed by atoms with Crippen LogP contribution in [0, 0.1) is 10.8 Å². The molecule has 3 heterocycles. The van der Waals surface area contributed by atoms with Crippen LogP contribution >= 0.6 is 0 Å². The quantitative estimate of drug-likeness (QED) is 0.159. The predicted molar refractivity (Wildman–Crippen MR) is 353 cm³/mol. The minimum atomic E-state index is -0.186. The highest BCUT2D eigenvalue weighted by molar-refractivity contribution is 7.00. The molecule has 2 atom stereocenters. The van der Waals surface area contributed by atoms with E-state index in [9.17, 15) is 0 Å². The molecule has 0 spiro atoms. The maximum atomic E-state index is 2.86. The molecule has 3 aliphatic heterocycles. The normalized spacial score (nSPS) is 20.9. The van der Waals surface area contributed by atoms with Crippen molar-refractivity contribution in [2.75, 3.05) is 14.7 Å². The second kappa shape index (κ2) is 17.9. The average Bonchev–Trinajstić information content (AvgIpc) is 1.40. The second-order valence-electron chi connectivity index (χ2n) is 31.2. The van der Waals surface area contributed by atoms with Crippen molar-refractivity contribution in [1.82, 2.24) is 0 Å². The van der Waals surface area contributed by atoms with Crippen molar-refractivity contribution in [3.05, 3.63) is 196 Å². The van der Waals surface area contributed by atoms with Crippen LogP contribution in [0.2, 0.25) is 0 Å². The lowest BCUT2D eigenvalue weighted by atomic mass is 9.33. The molecule has 0 radical (unpaired) electrons. The van der Waals surface area contributed by atoms with E-state index in [1.807, 2.05) is 0 Å². The molecular formula is C78H86BN3. The summed E-state index contributed by atoms with van der Waals surface area (Å²) >= 11 is 0. The minimum absolute atomic E-state index is 0.00359. The van der Waals surface area contributed by atoms with Crippen LogP contribution in [-0.4, -0.2) is 12.3 Å². The number of hydrogen-bond acceptors (Lipinski definition) is 3. The van der Waals surface area contributed by atoms with Crippen molar-refractivity contribution < 1.29 is 0 Å². The summed E-state index contributed by atoms with van der Waals surface area (Å²) in [5.74, 6) is 0. The van der Waals surface area contributed by atoms with Crippen LogP contribution in [0.3, 0.4) is 0 Å². The largest absolute Gasteiger partial charge is 0.334 e. The first-order chi connectivity index (χ1) is 38.7. The highest BCUT2D eigenvalue weighted by Crippen LogP contribution is 2.63. The van der Waals surface area contributed by atoms with E-state index in [1.165, 1.54) is 141 Å². The molecule has 0 N–H and O–H groups in total. The van der Waals surface area contributed by atoms with Gasteiger partial charge in [0.25, 0.3) is 6.71 Å². The Morgan fingerprint density at radius 3 is 1.61 bits per heavy atom. The van der Waals surface area contributed by atoms with Crippen molar-refractivity contribution in [3.63, 3.8) is 0 Å². The molecule has 4 heteroatoms. The molecule has 1 saturated carbocycles. The van der Waals surface area contributed by atoms with E-state index in [2.05, 4.69) is 270 Å². The number of benzene rings is 8. The summed E-state index contributed by atoms with van der Waals surface area (Å²) in [4.78, 5) is 8.34. The molecule has 82 heavy (non-hydrogen) atoms. The molecular weight excluding hydrogens is 990 g/mol. The molecule has 416 valence electrons. The molecule has 8 aromatic rings. The van der Waals surface area contributed by atoms with E-state index < -0.39 is 0 Å². The molecule has 3 aliphatic carbocycles. The number of hydrogen-bond donors (Lipinski definition) is 0. The Labute approximate surface area is 492 Å². The number of fused-ring (bicyclic) bond motifs is 9. The van der Waals surface area contributed by atoms with E-state index in [-0.39, 0.29) is 44.7 Å². The van der Waals surface area contributed by atoms with E-state index in [4.69, 9.17) is 0 Å². The Kier molecular flexibility index (Phi) is 11.6. The molecule has 0 aromatic heterocycles. The van der Waals surface area contributed by atoms with Crippen molar-refractivity contribution >= 4 is 68.6 Å². The summed E-state index contributed by atoms with van der Waals surface area (Å²) in [5, 5.41) is 0. The number of anilines is 8. The standard InChI is InChI=1S/C78H86BN3/c1-72(2,3)56-27-23-49(24-28-56)51-26-32-66-62(38-51)77(14)35-19-20-36-78(77,15)82(66)60-43-69-71-70(44-60)81(65-33-29-57(73(4,5)6)41-61(65)50-21-17-16-18-22-50)67-34-30-58(74(7,8)9)42-64(67)79(71)63-39-54-47-76(12,13)48-55(54)40-68(63)80(69)59-31-25-52-45-75(10,11)46-53(52)37-59/h16-18,21-34,37-44H,19-20,35-36,45-48H2,1-15H3. The highest BCUT2D eigenvalue weighted by Gasteiger charge is 2.58. The van der Waals surface area contributed by atoms with Gasteiger partial charge in [0.1, 0.15) is 0 Å². The van der Waals surface area contributed by atoms with E-state index in [1.54, 1.807) is 0 Å². The van der Waals surface area contributed by atoms with Crippen molar-refractivity contribution in [1.29, 1.82) is 0 Å². The topological polar surface area (TPSA) is 9.72 Å². The second-order valence-corrected chi connectivity index (χ2v) is 31.2. The lowest BCUT2D eigenvalue weighted by Crippen LogP contribution is -2.62. The summed E-state index contributed by atoms with van der Waals surface area (Å²) in [6, 6.07) is 61.4. The molecule has 1 fully saturated rings. The average molecular weight is 1080 g/mol. The van der Waals surface area contributed by atoms with E-state index in [0.717, 1.165) is 38.5 Å². The first-order valence-corrected chi connectivity index (χ1v) is 31.2. The lowest BCUT2D eigenvalue weighted by molar-refractivity contribution is 0.195. The zero-order valence-electron chi connectivity index (χ0n) is 52.0. The molecule has 8 aromatic carbocycles. The van der Waals surface area contributed by atoms with Crippen LogP contribution in [0.5, 0.6) is 0 Å². The zero-order chi connectivity index (χ0) is 57.4. The van der Waals surface area contributed by atoms with Gasteiger partial charge in [-0.1, -0.05) is 201 Å². The van der Waals surface area contributed by atoms with Crippen LogP contribution in [-0.2, 0) is 47.3 Å². The van der Waals surface area contributed by atoms with Crippen LogP contribution in [0.15, 0.2) is 152 Å². The molecule has 0 saturated heterocycles. The van der Waals surface area contributed by atoms with Crippen LogP contribution in [0.4, 0.5) is 45.5 Å². The molecule has 0 bridgehead atoms. The highest BCUT2D eigenvalue weighted by atomic mass is 15.3. The van der Waals surface area contributed by atoms with Gasteiger partial charge in [0, 0.05) is 50.8 Å². The summed E-state index contributed by atoms with van der Waals surface area (Å²) in [7, 11) is 0. The Morgan fingerprint density at radius 2 is 0.939 bits per heavy atom. The van der Waals surface area contributed by atoms with Gasteiger partial charge in [-0.05, 0) is 211 Å². The van der Waals surface area contributed by atoms with E-state index >= 15 is 0 Å². The van der Waals surface area contributed by atoms with Crippen LogP contribution in [0.1, 0.15) is 174 Å². The summed E-state index contributed by atoms with van der Waals surface area (Å²) in [6.07, 6.45) is 9.09. The van der Waals surface area contributed by atoms with Gasteiger partial charge in [-0.25, -0.2) is 0 Å². The summed E-state index contributed by atoms with van der Waals surface area (Å²) < 4.78 is 0. The van der Waals surface area contributed by atoms with Gasteiger partial charge in [-0.3, -0.25) is 0 Å². The van der Waals surface area contributed by atoms with E-state index in [0.29, 0.717) is 0 Å². The third-order valence-electron chi connectivity index (χ3n) is 21.0. The van der Waals surface area contributed by atoms with Crippen molar-refractivity contribution in [2.45, 2.75) is 182 Å². The first-order valence-electron chi connectivity index (χ1n) is 31.2. The fourth-order valence-corrected chi connectivity index (χ4v) is 16.4. The monoisotopic (exact) mass is 1080 g/mol. The fourth-order valence-electron chi connectivity index (χ4n) is 16.4. The molecule has 2 unspecified atom stereocenters. The maximum Gasteiger partial charge on any atom is 0.252 e. The summed E-state index contributed by atoms with van der Waals surface area (Å²) in [5.41, 5.74) is 31.3. The van der Waals surface area contributed by atoms with Gasteiger partial charge in [0.05, 0.1) is 11.2 Å². The molecule has 6 aliphatic rings. The van der Waals surface area contributed by atoms with Gasteiger partial charge in [-0.2, -0.15) is 0 Å². The predicted octanol–water partition coefficient (Wildman–Crippen LogP) is 19.0. The first kappa shape index (κ1) is 53.2. The third-order valence-corrected chi connectivity index (χ3v) is 21.0. The van der Waals surface area contributed by atoms with Crippen molar-refractivity contribution in [3.8, 4) is 22.3 Å². The maximum absolute atomic E-state index is 2.86. The van der Waals surface area contributed by atoms with Gasteiger partial charge in [0.15, 0.2) is 0 Å². The molecule has 0 amide bonds. The van der Waals surface area contributed by atoms with Gasteiger partial charge < -0.3 is 14.7 Å². The van der Waals surface area contributed by atoms with Gasteiger partial charge in [-0.15, -0.1) is 0 Å². The Morgan fingerprint density at radius 1 is 0.390 bits per heavy atom. The summed E-state index contributed by atoms with van der Waals surface area (Å²) in [6.45, 7) is 36.3. The Balaban J connectivity index is 1.09. The lowest BCUT2D eigenvalue weighted by Gasteiger charge is -2.51. The van der Waals surface area contributed by atoms with Crippen LogP contribution < -0.4 is 31.1 Å². The smallest absolute Gasteiger partial charge is 0.252 e. The third kappa shape index (κ3) is 8.25. The zero-order valence-corrected chi connectivity index (χ0v) is 52.0. The minimum Gasteiger partial charge on any atom is -0.334 e. The Bertz CT molecular complexity index is 3930. The molecule has 14 rings (SSSR count). The molecule has 3 nitrogen and oxygen atoms in total. The van der Waals surface area contributed by atoms with Gasteiger partial charge >= 0.3 is 0 Å².